The lowest BCUT2D eigenvalue weighted by Gasteiger charge is -2.38. The second kappa shape index (κ2) is 5.86. The molecule has 0 radical (unpaired) electrons. The van der Waals surface area contributed by atoms with Crippen molar-refractivity contribution >= 4 is 21.8 Å². The van der Waals surface area contributed by atoms with Crippen molar-refractivity contribution in [3.8, 4) is 0 Å². The van der Waals surface area contributed by atoms with Crippen LogP contribution >= 0.6 is 15.9 Å². The number of halogens is 1. The maximum absolute atomic E-state index is 11.9. The summed E-state index contributed by atoms with van der Waals surface area (Å²) in [5.74, 6) is 0.791. The van der Waals surface area contributed by atoms with E-state index < -0.39 is 0 Å². The van der Waals surface area contributed by atoms with Gasteiger partial charge in [0.2, 0.25) is 5.91 Å². The molecule has 0 aromatic heterocycles. The average Bonchev–Trinajstić information content (AvgIpc) is 3.18. The number of carbonyl (C=O) groups excluding carboxylic acids is 1. The van der Waals surface area contributed by atoms with Gasteiger partial charge in [-0.15, -0.1) is 0 Å². The van der Waals surface area contributed by atoms with E-state index in [0.29, 0.717) is 18.0 Å². The molecule has 2 fully saturated rings. The zero-order valence-electron chi connectivity index (χ0n) is 11.7. The third kappa shape index (κ3) is 3.41. The Balaban J connectivity index is 1.43. The number of nitrogens with one attached hydrogen (secondary N) is 2. The minimum atomic E-state index is -0.0773. The normalized spacial score (nSPS) is 26.7. The summed E-state index contributed by atoms with van der Waals surface area (Å²) in [4.78, 5) is 11.9. The molecule has 108 valence electrons. The van der Waals surface area contributed by atoms with E-state index in [2.05, 4.69) is 50.8 Å². The standard InChI is InChI=1S/C16H21BrN2O/c1-10(16(20)19-14-6-7-14)18-15-8-12(9-15)11-2-4-13(17)5-3-11/h2-5,10,12,14-15,18H,6-9H2,1H3,(H,19,20). The van der Waals surface area contributed by atoms with Gasteiger partial charge >= 0.3 is 0 Å². The van der Waals surface area contributed by atoms with Crippen LogP contribution in [0.25, 0.3) is 0 Å². The zero-order chi connectivity index (χ0) is 14.1. The minimum absolute atomic E-state index is 0.0773. The second-order valence-corrected chi connectivity index (χ2v) is 7.00. The molecule has 1 atom stereocenters. The van der Waals surface area contributed by atoms with Crippen molar-refractivity contribution in [3.05, 3.63) is 34.3 Å². The van der Waals surface area contributed by atoms with E-state index in [1.165, 1.54) is 5.56 Å². The van der Waals surface area contributed by atoms with Gasteiger partial charge in [-0.2, -0.15) is 0 Å². The van der Waals surface area contributed by atoms with Crippen molar-refractivity contribution in [2.45, 2.75) is 56.7 Å². The largest absolute Gasteiger partial charge is 0.352 e. The van der Waals surface area contributed by atoms with E-state index in [1.807, 2.05) is 6.92 Å². The first-order valence-corrected chi connectivity index (χ1v) is 8.23. The Kier molecular flexibility index (Phi) is 4.13. The van der Waals surface area contributed by atoms with Crippen molar-refractivity contribution in [3.63, 3.8) is 0 Å². The van der Waals surface area contributed by atoms with E-state index in [1.54, 1.807) is 0 Å². The van der Waals surface area contributed by atoms with Gasteiger partial charge < -0.3 is 10.6 Å². The van der Waals surface area contributed by atoms with E-state index in [4.69, 9.17) is 0 Å². The Bertz CT molecular complexity index is 478. The SMILES string of the molecule is CC(NC1CC(c2ccc(Br)cc2)C1)C(=O)NC1CC1. The minimum Gasteiger partial charge on any atom is -0.352 e. The third-order valence-corrected chi connectivity index (χ3v) is 4.81. The molecule has 0 saturated heterocycles. The van der Waals surface area contributed by atoms with Crippen LogP contribution in [0.4, 0.5) is 0 Å². The van der Waals surface area contributed by atoms with E-state index in [9.17, 15) is 4.79 Å². The summed E-state index contributed by atoms with van der Waals surface area (Å²) >= 11 is 3.46. The maximum Gasteiger partial charge on any atom is 0.237 e. The first kappa shape index (κ1) is 14.1. The van der Waals surface area contributed by atoms with Crippen molar-refractivity contribution in [1.29, 1.82) is 0 Å². The predicted molar refractivity (Wildman–Crippen MR) is 83.7 cm³/mol. The van der Waals surface area contributed by atoms with Crippen molar-refractivity contribution in [2.75, 3.05) is 0 Å². The molecular formula is C16H21BrN2O. The first-order valence-electron chi connectivity index (χ1n) is 7.43. The van der Waals surface area contributed by atoms with Gasteiger partial charge in [0.25, 0.3) is 0 Å². The summed E-state index contributed by atoms with van der Waals surface area (Å²) < 4.78 is 1.13. The topological polar surface area (TPSA) is 41.1 Å². The van der Waals surface area contributed by atoms with Crippen LogP contribution in [0.2, 0.25) is 0 Å². The number of hydrogen-bond acceptors (Lipinski definition) is 2. The molecule has 20 heavy (non-hydrogen) atoms. The zero-order valence-corrected chi connectivity index (χ0v) is 13.3. The van der Waals surface area contributed by atoms with Gasteiger partial charge in [0.1, 0.15) is 0 Å². The molecule has 2 aliphatic rings. The van der Waals surface area contributed by atoms with Crippen LogP contribution in [-0.4, -0.2) is 24.0 Å². The van der Waals surface area contributed by atoms with Crippen LogP contribution in [0, 0.1) is 0 Å². The molecule has 1 amide bonds. The average molecular weight is 337 g/mol. The van der Waals surface area contributed by atoms with Crippen LogP contribution in [0.5, 0.6) is 0 Å². The van der Waals surface area contributed by atoms with Gasteiger partial charge in [0, 0.05) is 16.6 Å². The molecule has 3 nitrogen and oxygen atoms in total. The van der Waals surface area contributed by atoms with E-state index in [-0.39, 0.29) is 11.9 Å². The van der Waals surface area contributed by atoms with Gasteiger partial charge in [0.15, 0.2) is 0 Å². The fraction of sp³-hybridized carbons (Fsp3) is 0.562. The fourth-order valence-corrected chi connectivity index (χ4v) is 3.01. The Morgan fingerprint density at radius 1 is 1.20 bits per heavy atom. The van der Waals surface area contributed by atoms with Crippen LogP contribution < -0.4 is 10.6 Å². The summed E-state index contributed by atoms with van der Waals surface area (Å²) in [5, 5.41) is 6.49. The lowest BCUT2D eigenvalue weighted by atomic mass is 9.75. The number of carbonyl (C=O) groups is 1. The monoisotopic (exact) mass is 336 g/mol. The Hall–Kier alpha value is -0.870. The van der Waals surface area contributed by atoms with Gasteiger partial charge in [-0.3, -0.25) is 4.79 Å². The molecule has 1 aromatic carbocycles. The van der Waals surface area contributed by atoms with E-state index in [0.717, 1.165) is 30.2 Å². The van der Waals surface area contributed by atoms with Gasteiger partial charge in [-0.25, -0.2) is 0 Å². The fourth-order valence-electron chi connectivity index (χ4n) is 2.74. The third-order valence-electron chi connectivity index (χ3n) is 4.28. The molecule has 1 aromatic rings. The summed E-state index contributed by atoms with van der Waals surface area (Å²) in [6.07, 6.45) is 4.55. The number of benzene rings is 1. The summed E-state index contributed by atoms with van der Waals surface area (Å²) in [5.41, 5.74) is 1.40. The Labute approximate surface area is 128 Å². The molecule has 2 N–H and O–H groups in total. The van der Waals surface area contributed by atoms with E-state index >= 15 is 0 Å². The van der Waals surface area contributed by atoms with Gasteiger partial charge in [-0.1, -0.05) is 28.1 Å². The first-order chi connectivity index (χ1) is 9.61. The smallest absolute Gasteiger partial charge is 0.237 e. The summed E-state index contributed by atoms with van der Waals surface area (Å²) in [6.45, 7) is 1.96. The van der Waals surface area contributed by atoms with Crippen molar-refractivity contribution < 1.29 is 4.79 Å². The van der Waals surface area contributed by atoms with Crippen LogP contribution in [0.3, 0.4) is 0 Å². The molecular weight excluding hydrogens is 316 g/mol. The quantitative estimate of drug-likeness (QED) is 0.867. The number of amides is 1. The lowest BCUT2D eigenvalue weighted by Crippen LogP contribution is -2.51. The van der Waals surface area contributed by atoms with Gasteiger partial charge in [-0.05, 0) is 56.2 Å². The molecule has 0 aliphatic heterocycles. The molecule has 2 aliphatic carbocycles. The summed E-state index contributed by atoms with van der Waals surface area (Å²) in [7, 11) is 0. The lowest BCUT2D eigenvalue weighted by molar-refractivity contribution is -0.123. The molecule has 0 spiro atoms. The molecule has 4 heteroatoms. The molecule has 2 saturated carbocycles. The Morgan fingerprint density at radius 3 is 2.45 bits per heavy atom. The van der Waals surface area contributed by atoms with Crippen LogP contribution in [0.1, 0.15) is 44.1 Å². The van der Waals surface area contributed by atoms with Crippen LogP contribution in [-0.2, 0) is 4.79 Å². The van der Waals surface area contributed by atoms with Crippen molar-refractivity contribution in [2.24, 2.45) is 0 Å². The van der Waals surface area contributed by atoms with Crippen molar-refractivity contribution in [1.82, 2.24) is 10.6 Å². The highest BCUT2D eigenvalue weighted by atomic mass is 79.9. The Morgan fingerprint density at radius 2 is 1.85 bits per heavy atom. The summed E-state index contributed by atoms with van der Waals surface area (Å²) in [6, 6.07) is 9.42. The molecule has 3 rings (SSSR count). The molecule has 0 heterocycles. The highest BCUT2D eigenvalue weighted by Gasteiger charge is 2.33. The van der Waals surface area contributed by atoms with Gasteiger partial charge in [0.05, 0.1) is 6.04 Å². The molecule has 0 bridgehead atoms. The number of rotatable bonds is 5. The molecule has 1 unspecified atom stereocenters. The predicted octanol–water partition coefficient (Wildman–Crippen LogP) is 2.95. The highest BCUT2D eigenvalue weighted by Crippen LogP contribution is 2.37. The highest BCUT2D eigenvalue weighted by molar-refractivity contribution is 9.10. The second-order valence-electron chi connectivity index (χ2n) is 6.09. The van der Waals surface area contributed by atoms with Crippen LogP contribution in [0.15, 0.2) is 28.7 Å². The number of hydrogen-bond donors (Lipinski definition) is 2. The maximum atomic E-state index is 11.9.